The highest BCUT2D eigenvalue weighted by molar-refractivity contribution is 7.15. The lowest BCUT2D eigenvalue weighted by atomic mass is 10.2. The van der Waals surface area contributed by atoms with E-state index in [1.807, 2.05) is 6.07 Å². The molecule has 0 aliphatic rings. The summed E-state index contributed by atoms with van der Waals surface area (Å²) >= 11 is 1.68. The van der Waals surface area contributed by atoms with E-state index in [0.29, 0.717) is 6.54 Å². The number of thiophene rings is 1. The molecule has 1 aromatic carbocycles. The van der Waals surface area contributed by atoms with E-state index < -0.39 is 4.92 Å². The summed E-state index contributed by atoms with van der Waals surface area (Å²) in [5.41, 5.74) is 1.10. The van der Waals surface area contributed by atoms with Crippen LogP contribution in [0.2, 0.25) is 0 Å². The van der Waals surface area contributed by atoms with Crippen LogP contribution >= 0.6 is 11.3 Å². The highest BCUT2D eigenvalue weighted by Crippen LogP contribution is 2.30. The summed E-state index contributed by atoms with van der Waals surface area (Å²) in [6.07, 6.45) is 0. The molecule has 5 nitrogen and oxygen atoms in total. The monoisotopic (exact) mass is 306 g/mol. The first-order valence-electron chi connectivity index (χ1n) is 6.80. The Morgan fingerprint density at radius 2 is 1.95 bits per heavy atom. The number of hydrogen-bond donors (Lipinski definition) is 1. The number of likely N-dealkylation sites (N-methyl/N-ethyl adjacent to an activating group) is 1. The van der Waals surface area contributed by atoms with Crippen molar-refractivity contribution >= 4 is 17.0 Å². The van der Waals surface area contributed by atoms with Crippen molar-refractivity contribution in [2.45, 2.75) is 13.5 Å². The predicted molar refractivity (Wildman–Crippen MR) is 84.4 cm³/mol. The second-order valence-electron chi connectivity index (χ2n) is 4.66. The Kier molecular flexibility index (Phi) is 5.44. The number of nitrogens with zero attached hydrogens (tertiary/aromatic N) is 2. The maximum atomic E-state index is 10.7. The van der Waals surface area contributed by atoms with Crippen molar-refractivity contribution in [1.82, 2.24) is 4.90 Å². The van der Waals surface area contributed by atoms with Gasteiger partial charge < -0.3 is 5.11 Å². The van der Waals surface area contributed by atoms with Gasteiger partial charge in [0.1, 0.15) is 0 Å². The lowest BCUT2D eigenvalue weighted by molar-refractivity contribution is -0.384. The first-order chi connectivity index (χ1) is 10.1. The van der Waals surface area contributed by atoms with Crippen molar-refractivity contribution in [1.29, 1.82) is 0 Å². The number of aliphatic hydroxyl groups excluding tert-OH is 1. The highest BCUT2D eigenvalue weighted by atomic mass is 32.1. The largest absolute Gasteiger partial charge is 0.395 e. The van der Waals surface area contributed by atoms with Crippen LogP contribution in [0.4, 0.5) is 5.69 Å². The van der Waals surface area contributed by atoms with Gasteiger partial charge in [-0.25, -0.2) is 0 Å². The number of benzene rings is 1. The molecule has 0 saturated heterocycles. The van der Waals surface area contributed by atoms with Gasteiger partial charge in [0.25, 0.3) is 5.69 Å². The van der Waals surface area contributed by atoms with Gasteiger partial charge in [0.15, 0.2) is 0 Å². The van der Waals surface area contributed by atoms with Crippen LogP contribution in [-0.2, 0) is 6.54 Å². The van der Waals surface area contributed by atoms with E-state index >= 15 is 0 Å². The van der Waals surface area contributed by atoms with Crippen LogP contribution in [0.25, 0.3) is 10.4 Å². The number of nitro groups is 1. The Hall–Kier alpha value is -1.76. The molecule has 112 valence electrons. The van der Waals surface area contributed by atoms with E-state index in [9.17, 15) is 10.1 Å². The summed E-state index contributed by atoms with van der Waals surface area (Å²) in [5.74, 6) is 0. The summed E-state index contributed by atoms with van der Waals surface area (Å²) in [5, 5.41) is 19.7. The van der Waals surface area contributed by atoms with Crippen molar-refractivity contribution in [2.75, 3.05) is 19.7 Å². The van der Waals surface area contributed by atoms with Crippen LogP contribution in [0.1, 0.15) is 11.8 Å². The zero-order valence-electron chi connectivity index (χ0n) is 11.9. The molecule has 0 aliphatic carbocycles. The fraction of sp³-hybridized carbons (Fsp3) is 0.333. The smallest absolute Gasteiger partial charge is 0.269 e. The molecule has 0 saturated carbocycles. The number of aliphatic hydroxyl groups is 1. The minimum absolute atomic E-state index is 0.107. The Bertz CT molecular complexity index is 595. The predicted octanol–water partition coefficient (Wildman–Crippen LogP) is 3.14. The molecule has 1 heterocycles. The van der Waals surface area contributed by atoms with Gasteiger partial charge in [0, 0.05) is 35.0 Å². The average Bonchev–Trinajstić information content (AvgIpc) is 2.95. The van der Waals surface area contributed by atoms with Gasteiger partial charge in [-0.3, -0.25) is 15.0 Å². The lowest BCUT2D eigenvalue weighted by Gasteiger charge is -2.17. The summed E-state index contributed by atoms with van der Waals surface area (Å²) < 4.78 is 0. The van der Waals surface area contributed by atoms with E-state index in [1.54, 1.807) is 23.5 Å². The van der Waals surface area contributed by atoms with Gasteiger partial charge >= 0.3 is 0 Å². The van der Waals surface area contributed by atoms with Gasteiger partial charge in [0.2, 0.25) is 0 Å². The van der Waals surface area contributed by atoms with Gasteiger partial charge in [-0.1, -0.05) is 6.92 Å². The third kappa shape index (κ3) is 4.10. The molecule has 0 bridgehead atoms. The van der Waals surface area contributed by atoms with Crippen LogP contribution in [0.15, 0.2) is 36.4 Å². The molecule has 2 aromatic rings. The molecule has 0 amide bonds. The topological polar surface area (TPSA) is 66.6 Å². The fourth-order valence-corrected chi connectivity index (χ4v) is 3.13. The lowest BCUT2D eigenvalue weighted by Crippen LogP contribution is -2.25. The van der Waals surface area contributed by atoms with Crippen LogP contribution in [0, 0.1) is 10.1 Å². The van der Waals surface area contributed by atoms with Crippen molar-refractivity contribution in [3.05, 3.63) is 51.4 Å². The molecule has 0 radical (unpaired) electrons. The number of hydrogen-bond acceptors (Lipinski definition) is 5. The molecule has 0 spiro atoms. The molecule has 21 heavy (non-hydrogen) atoms. The second kappa shape index (κ2) is 7.31. The summed E-state index contributed by atoms with van der Waals surface area (Å²) in [4.78, 5) is 14.7. The van der Waals surface area contributed by atoms with E-state index in [-0.39, 0.29) is 12.3 Å². The number of rotatable bonds is 7. The molecule has 1 aromatic heterocycles. The van der Waals surface area contributed by atoms with Crippen molar-refractivity contribution in [3.8, 4) is 10.4 Å². The summed E-state index contributed by atoms with van der Waals surface area (Å²) in [6, 6.07) is 10.7. The van der Waals surface area contributed by atoms with E-state index in [4.69, 9.17) is 5.11 Å². The summed E-state index contributed by atoms with van der Waals surface area (Å²) in [7, 11) is 0. The molecule has 0 atom stereocenters. The molecule has 6 heteroatoms. The molecule has 0 aliphatic heterocycles. The van der Waals surface area contributed by atoms with Crippen LogP contribution in [-0.4, -0.2) is 34.6 Å². The fourth-order valence-electron chi connectivity index (χ4n) is 2.08. The van der Waals surface area contributed by atoms with Crippen LogP contribution in [0.3, 0.4) is 0 Å². The maximum absolute atomic E-state index is 10.7. The Labute approximate surface area is 127 Å². The number of non-ortho nitro benzene ring substituents is 1. The van der Waals surface area contributed by atoms with E-state index in [2.05, 4.69) is 17.9 Å². The van der Waals surface area contributed by atoms with E-state index in [1.165, 1.54) is 17.0 Å². The first kappa shape index (κ1) is 15.6. The van der Waals surface area contributed by atoms with E-state index in [0.717, 1.165) is 23.5 Å². The van der Waals surface area contributed by atoms with Gasteiger partial charge in [-0.05, 0) is 36.4 Å². The minimum atomic E-state index is -0.391. The molecular weight excluding hydrogens is 288 g/mol. The number of nitro benzene ring substituents is 1. The Morgan fingerprint density at radius 1 is 1.24 bits per heavy atom. The third-order valence-electron chi connectivity index (χ3n) is 3.27. The first-order valence-corrected chi connectivity index (χ1v) is 7.62. The van der Waals surface area contributed by atoms with Gasteiger partial charge in [-0.2, -0.15) is 0 Å². The molecule has 0 unspecified atom stereocenters. The molecule has 1 N–H and O–H groups in total. The Morgan fingerprint density at radius 3 is 2.52 bits per heavy atom. The second-order valence-corrected chi connectivity index (χ2v) is 5.83. The standard InChI is InChI=1S/C15H18N2O3S/c1-2-16(9-10-18)11-14-7-8-15(21-14)12-3-5-13(6-4-12)17(19)20/h3-8,18H,2,9-11H2,1H3. The normalized spacial score (nSPS) is 11.0. The zero-order chi connectivity index (χ0) is 15.2. The minimum Gasteiger partial charge on any atom is -0.395 e. The van der Waals surface area contributed by atoms with Crippen molar-refractivity contribution < 1.29 is 10.0 Å². The summed E-state index contributed by atoms with van der Waals surface area (Å²) in [6.45, 7) is 4.61. The molecule has 2 rings (SSSR count). The average molecular weight is 306 g/mol. The van der Waals surface area contributed by atoms with Gasteiger partial charge in [0.05, 0.1) is 11.5 Å². The van der Waals surface area contributed by atoms with Crippen LogP contribution < -0.4 is 0 Å². The SMILES string of the molecule is CCN(CCO)Cc1ccc(-c2ccc([N+](=O)[O-])cc2)s1. The quantitative estimate of drug-likeness (QED) is 0.630. The molecular formula is C15H18N2O3S. The highest BCUT2D eigenvalue weighted by Gasteiger charge is 2.09. The zero-order valence-corrected chi connectivity index (χ0v) is 12.7. The van der Waals surface area contributed by atoms with Crippen LogP contribution in [0.5, 0.6) is 0 Å². The van der Waals surface area contributed by atoms with Crippen molar-refractivity contribution in [3.63, 3.8) is 0 Å². The molecule has 0 fully saturated rings. The third-order valence-corrected chi connectivity index (χ3v) is 4.39. The Balaban J connectivity index is 2.10. The maximum Gasteiger partial charge on any atom is 0.269 e. The van der Waals surface area contributed by atoms with Crippen molar-refractivity contribution in [2.24, 2.45) is 0 Å². The van der Waals surface area contributed by atoms with Gasteiger partial charge in [-0.15, -0.1) is 11.3 Å².